The molecule has 0 spiro atoms. The van der Waals surface area contributed by atoms with Gasteiger partial charge in [0.05, 0.1) is 19.9 Å². The van der Waals surface area contributed by atoms with E-state index in [-0.39, 0.29) is 12.5 Å². The summed E-state index contributed by atoms with van der Waals surface area (Å²) in [7, 11) is 0. The Bertz CT molecular complexity index is 1170. The van der Waals surface area contributed by atoms with Crippen molar-refractivity contribution in [2.75, 3.05) is 29.9 Å². The van der Waals surface area contributed by atoms with Crippen LogP contribution in [0.1, 0.15) is 24.3 Å². The third kappa shape index (κ3) is 3.65. The molecule has 1 aromatic carbocycles. The number of thiophene rings is 1. The molecule has 3 aromatic heterocycles. The van der Waals surface area contributed by atoms with Gasteiger partial charge in [-0.05, 0) is 37.6 Å². The Labute approximate surface area is 174 Å². The smallest absolute Gasteiger partial charge is 0.264 e. The van der Waals surface area contributed by atoms with E-state index in [0.717, 1.165) is 51.2 Å². The van der Waals surface area contributed by atoms with Crippen LogP contribution in [0, 0.1) is 6.92 Å². The first kappa shape index (κ1) is 18.3. The van der Waals surface area contributed by atoms with Gasteiger partial charge in [0.25, 0.3) is 5.91 Å². The van der Waals surface area contributed by atoms with Crippen LogP contribution in [0.25, 0.3) is 20.3 Å². The van der Waals surface area contributed by atoms with E-state index in [0.29, 0.717) is 17.6 Å². The van der Waals surface area contributed by atoms with Crippen molar-refractivity contribution < 1.29 is 9.53 Å². The Kier molecular flexibility index (Phi) is 4.80. The third-order valence-electron chi connectivity index (χ3n) is 4.90. The maximum absolute atomic E-state index is 12.4. The summed E-state index contributed by atoms with van der Waals surface area (Å²) in [6, 6.07) is 3.97. The monoisotopic (exact) mass is 428 g/mol. The van der Waals surface area contributed by atoms with E-state index in [4.69, 9.17) is 4.74 Å². The van der Waals surface area contributed by atoms with Crippen molar-refractivity contribution in [2.45, 2.75) is 26.2 Å². The van der Waals surface area contributed by atoms with Crippen LogP contribution in [0.3, 0.4) is 0 Å². The summed E-state index contributed by atoms with van der Waals surface area (Å²) in [5.41, 5.74) is 1.00. The van der Waals surface area contributed by atoms with Gasteiger partial charge in [0, 0.05) is 24.5 Å². The Morgan fingerprint density at radius 2 is 2.17 bits per heavy atom. The highest BCUT2D eigenvalue weighted by Crippen LogP contribution is 2.38. The predicted molar refractivity (Wildman–Crippen MR) is 116 cm³/mol. The molecule has 0 bridgehead atoms. The first-order chi connectivity index (χ1) is 14.2. The molecule has 4 heterocycles. The number of aromatic nitrogens is 4. The van der Waals surface area contributed by atoms with E-state index in [1.165, 1.54) is 6.42 Å². The maximum atomic E-state index is 12.4. The maximum Gasteiger partial charge on any atom is 0.264 e. The minimum absolute atomic E-state index is 0.103. The van der Waals surface area contributed by atoms with Crippen molar-refractivity contribution in [1.82, 2.24) is 20.2 Å². The lowest BCUT2D eigenvalue weighted by Gasteiger charge is -2.24. The molecule has 0 radical (unpaired) electrons. The van der Waals surface area contributed by atoms with Crippen molar-refractivity contribution >= 4 is 60.8 Å². The number of thiazole rings is 1. The molecule has 2 N–H and O–H groups in total. The number of rotatable bonds is 5. The van der Waals surface area contributed by atoms with Gasteiger partial charge < -0.3 is 9.64 Å². The number of hydrogen-bond acceptors (Lipinski definition) is 8. The van der Waals surface area contributed by atoms with Crippen molar-refractivity contribution in [3.05, 3.63) is 22.5 Å². The summed E-state index contributed by atoms with van der Waals surface area (Å²) in [5.74, 6) is 1.38. The van der Waals surface area contributed by atoms with Gasteiger partial charge in [-0.1, -0.05) is 0 Å². The highest BCUT2D eigenvalue weighted by atomic mass is 32.1. The van der Waals surface area contributed by atoms with Gasteiger partial charge in [0.2, 0.25) is 11.9 Å². The Morgan fingerprint density at radius 3 is 3.03 bits per heavy atom. The number of aryl methyl sites for hydroxylation is 1. The molecule has 8 nitrogen and oxygen atoms in total. The summed E-state index contributed by atoms with van der Waals surface area (Å²) in [6.07, 6.45) is 3.53. The molecular weight excluding hydrogens is 408 g/mol. The second-order valence-electron chi connectivity index (χ2n) is 6.99. The number of aromatic amines is 1. The van der Waals surface area contributed by atoms with Gasteiger partial charge in [0.15, 0.2) is 6.61 Å². The zero-order chi connectivity index (χ0) is 19.8. The molecule has 29 heavy (non-hydrogen) atoms. The van der Waals surface area contributed by atoms with Crippen LogP contribution in [0.4, 0.5) is 11.9 Å². The summed E-state index contributed by atoms with van der Waals surface area (Å²) in [4.78, 5) is 23.5. The quantitative estimate of drug-likeness (QED) is 0.500. The summed E-state index contributed by atoms with van der Waals surface area (Å²) < 4.78 is 8.00. The number of benzene rings is 1. The molecule has 150 valence electrons. The minimum Gasteiger partial charge on any atom is -0.483 e. The first-order valence-corrected chi connectivity index (χ1v) is 11.2. The molecule has 4 aromatic rings. The summed E-state index contributed by atoms with van der Waals surface area (Å²) in [6.45, 7) is 3.79. The normalized spacial score (nSPS) is 14.6. The minimum atomic E-state index is -0.282. The number of carbonyl (C=O) groups excluding carboxylic acids is 1. The van der Waals surface area contributed by atoms with E-state index < -0.39 is 0 Å². The number of fused-ring (bicyclic) bond motifs is 3. The number of ether oxygens (including phenoxy) is 1. The largest absolute Gasteiger partial charge is 0.483 e. The van der Waals surface area contributed by atoms with E-state index in [2.05, 4.69) is 30.4 Å². The van der Waals surface area contributed by atoms with Crippen LogP contribution in [-0.2, 0) is 4.79 Å². The fourth-order valence-corrected chi connectivity index (χ4v) is 5.40. The molecule has 0 saturated carbocycles. The Balaban J connectivity index is 1.27. The number of nitrogens with one attached hydrogen (secondary N) is 2. The zero-order valence-corrected chi connectivity index (χ0v) is 17.5. The highest BCUT2D eigenvalue weighted by Gasteiger charge is 2.17. The van der Waals surface area contributed by atoms with Gasteiger partial charge in [0.1, 0.15) is 5.75 Å². The fraction of sp³-hybridized carbons (Fsp3) is 0.368. The number of nitrogens with zero attached hydrogens (tertiary/aromatic N) is 4. The number of hydrogen-bond donors (Lipinski definition) is 2. The second kappa shape index (κ2) is 7.60. The number of piperidine rings is 1. The van der Waals surface area contributed by atoms with Crippen molar-refractivity contribution in [2.24, 2.45) is 0 Å². The Morgan fingerprint density at radius 1 is 1.31 bits per heavy atom. The number of carbonyl (C=O) groups is 1. The van der Waals surface area contributed by atoms with Gasteiger partial charge in [-0.15, -0.1) is 27.8 Å². The van der Waals surface area contributed by atoms with E-state index in [9.17, 15) is 4.79 Å². The van der Waals surface area contributed by atoms with Gasteiger partial charge in [-0.2, -0.15) is 4.98 Å². The van der Waals surface area contributed by atoms with Crippen LogP contribution >= 0.6 is 22.7 Å². The van der Waals surface area contributed by atoms with Gasteiger partial charge in [-0.3, -0.25) is 10.1 Å². The van der Waals surface area contributed by atoms with Crippen LogP contribution < -0.4 is 15.0 Å². The second-order valence-corrected chi connectivity index (χ2v) is 9.14. The molecule has 0 aliphatic carbocycles. The summed E-state index contributed by atoms with van der Waals surface area (Å²) in [5, 5.41) is 13.7. The van der Waals surface area contributed by atoms with Gasteiger partial charge in [-0.25, -0.2) is 10.1 Å². The zero-order valence-electron chi connectivity index (χ0n) is 15.9. The van der Waals surface area contributed by atoms with E-state index >= 15 is 0 Å². The predicted octanol–water partition coefficient (Wildman–Crippen LogP) is 3.95. The van der Waals surface area contributed by atoms with Gasteiger partial charge >= 0.3 is 0 Å². The molecule has 1 fully saturated rings. The number of anilines is 2. The first-order valence-electron chi connectivity index (χ1n) is 9.55. The summed E-state index contributed by atoms with van der Waals surface area (Å²) >= 11 is 3.26. The lowest BCUT2D eigenvalue weighted by atomic mass is 10.1. The molecule has 10 heteroatoms. The molecular formula is C19H20N6O2S2. The van der Waals surface area contributed by atoms with Crippen molar-refractivity contribution in [3.63, 3.8) is 0 Å². The van der Waals surface area contributed by atoms with Crippen LogP contribution in [0.15, 0.2) is 17.5 Å². The van der Waals surface area contributed by atoms with E-state index in [1.54, 1.807) is 22.7 Å². The molecule has 1 amide bonds. The average molecular weight is 429 g/mol. The SMILES string of the molecule is Cc1nc2c(cc(OCC(=O)Nc3nc(N4CCCCC4)n[nH]3)c3ccsc32)s1. The van der Waals surface area contributed by atoms with Crippen LogP contribution in [0.5, 0.6) is 5.75 Å². The molecule has 1 aliphatic rings. The molecule has 5 rings (SSSR count). The molecule has 0 unspecified atom stereocenters. The average Bonchev–Trinajstić information content (AvgIpc) is 3.45. The highest BCUT2D eigenvalue weighted by molar-refractivity contribution is 7.21. The number of H-pyrrole nitrogens is 1. The topological polar surface area (TPSA) is 96.0 Å². The molecule has 0 atom stereocenters. The lowest BCUT2D eigenvalue weighted by molar-refractivity contribution is -0.118. The Hall–Kier alpha value is -2.72. The van der Waals surface area contributed by atoms with E-state index in [1.807, 2.05) is 24.4 Å². The van der Waals surface area contributed by atoms with Crippen LogP contribution in [0.2, 0.25) is 0 Å². The van der Waals surface area contributed by atoms with Crippen LogP contribution in [-0.4, -0.2) is 45.8 Å². The lowest BCUT2D eigenvalue weighted by Crippen LogP contribution is -2.30. The van der Waals surface area contributed by atoms with Crippen molar-refractivity contribution in [1.29, 1.82) is 0 Å². The fourth-order valence-electron chi connectivity index (χ4n) is 3.56. The molecule has 1 saturated heterocycles. The third-order valence-corrected chi connectivity index (χ3v) is 6.74. The number of amides is 1. The molecule has 1 aliphatic heterocycles. The standard InChI is InChI=1S/C19H20N6O2S2/c1-11-20-16-14(29-11)9-13(12-5-8-28-17(12)16)27-10-15(26)21-18-22-19(24-23-18)25-6-3-2-4-7-25/h5,8-9H,2-4,6-7,10H2,1H3,(H2,21,22,23,24,26). The van der Waals surface area contributed by atoms with Crippen molar-refractivity contribution in [3.8, 4) is 5.75 Å².